The fraction of sp³-hybridized carbons (Fsp3) is 0.438. The Hall–Kier alpha value is -2.01. The molecular weight excluding hydrogens is 268 g/mol. The number of hydrogen-bond donors (Lipinski definition) is 2. The number of nitrogens with zero attached hydrogens (tertiary/aromatic N) is 1. The number of fused-ring (bicyclic) bond motifs is 1. The van der Waals surface area contributed by atoms with Crippen LogP contribution in [0.2, 0.25) is 0 Å². The van der Waals surface area contributed by atoms with Crippen LogP contribution in [0.3, 0.4) is 0 Å². The second-order valence-electron chi connectivity index (χ2n) is 5.47. The van der Waals surface area contributed by atoms with Gasteiger partial charge in [-0.05, 0) is 37.3 Å². The smallest absolute Gasteiger partial charge is 0.126 e. The first-order valence-corrected chi connectivity index (χ1v) is 7.07. The summed E-state index contributed by atoms with van der Waals surface area (Å²) in [5, 5.41) is 17.7. The number of aryl methyl sites for hydroxylation is 1. The van der Waals surface area contributed by atoms with E-state index in [0.29, 0.717) is 6.42 Å². The van der Waals surface area contributed by atoms with Crippen molar-refractivity contribution in [3.63, 3.8) is 0 Å². The van der Waals surface area contributed by atoms with Gasteiger partial charge in [0, 0.05) is 17.3 Å². The van der Waals surface area contributed by atoms with E-state index in [1.165, 1.54) is 0 Å². The monoisotopic (exact) mass is 288 g/mol. The maximum Gasteiger partial charge on any atom is 0.126 e. The molecule has 1 aromatic heterocycles. The summed E-state index contributed by atoms with van der Waals surface area (Å²) in [5.41, 5.74) is 3.95. The molecule has 2 atom stereocenters. The van der Waals surface area contributed by atoms with Crippen molar-refractivity contribution in [1.29, 1.82) is 0 Å². The normalized spacial score (nSPS) is 21.0. The SMILES string of the molecule is COc1ccc(C2Cc3n[nH]c(C)c3C(O)C2)c(OC)c1. The topological polar surface area (TPSA) is 67.4 Å². The third-order valence-electron chi connectivity index (χ3n) is 4.23. The lowest BCUT2D eigenvalue weighted by Crippen LogP contribution is -2.17. The van der Waals surface area contributed by atoms with Crippen LogP contribution in [0.15, 0.2) is 18.2 Å². The van der Waals surface area contributed by atoms with Gasteiger partial charge in [-0.25, -0.2) is 0 Å². The van der Waals surface area contributed by atoms with Gasteiger partial charge in [-0.1, -0.05) is 6.07 Å². The highest BCUT2D eigenvalue weighted by Gasteiger charge is 2.31. The zero-order chi connectivity index (χ0) is 15.0. The molecule has 0 fully saturated rings. The minimum Gasteiger partial charge on any atom is -0.497 e. The van der Waals surface area contributed by atoms with Crippen LogP contribution < -0.4 is 9.47 Å². The van der Waals surface area contributed by atoms with Crippen molar-refractivity contribution in [2.75, 3.05) is 14.2 Å². The molecule has 2 aromatic rings. The highest BCUT2D eigenvalue weighted by atomic mass is 16.5. The first-order chi connectivity index (χ1) is 10.1. The fourth-order valence-corrected chi connectivity index (χ4v) is 3.18. The maximum absolute atomic E-state index is 10.4. The van der Waals surface area contributed by atoms with Gasteiger partial charge in [-0.15, -0.1) is 0 Å². The number of benzene rings is 1. The van der Waals surface area contributed by atoms with E-state index in [9.17, 15) is 5.11 Å². The Bertz CT molecular complexity index is 651. The molecule has 0 saturated carbocycles. The van der Waals surface area contributed by atoms with Gasteiger partial charge >= 0.3 is 0 Å². The summed E-state index contributed by atoms with van der Waals surface area (Å²) in [6, 6.07) is 5.82. The Labute approximate surface area is 123 Å². The van der Waals surface area contributed by atoms with Crippen LogP contribution in [0, 0.1) is 6.92 Å². The van der Waals surface area contributed by atoms with Crippen LogP contribution in [0.25, 0.3) is 0 Å². The largest absolute Gasteiger partial charge is 0.497 e. The zero-order valence-corrected chi connectivity index (χ0v) is 12.5. The molecule has 0 saturated heterocycles. The molecule has 0 spiro atoms. The van der Waals surface area contributed by atoms with E-state index < -0.39 is 6.10 Å². The number of nitrogens with one attached hydrogen (secondary N) is 1. The average molecular weight is 288 g/mol. The Balaban J connectivity index is 1.95. The molecule has 1 aromatic carbocycles. The van der Waals surface area contributed by atoms with Crippen molar-refractivity contribution in [3.8, 4) is 11.5 Å². The van der Waals surface area contributed by atoms with E-state index in [4.69, 9.17) is 9.47 Å². The number of rotatable bonds is 3. The van der Waals surface area contributed by atoms with Gasteiger partial charge in [-0.3, -0.25) is 5.10 Å². The van der Waals surface area contributed by atoms with Gasteiger partial charge in [0.15, 0.2) is 0 Å². The second kappa shape index (κ2) is 5.41. The van der Waals surface area contributed by atoms with Gasteiger partial charge in [0.05, 0.1) is 26.0 Å². The molecule has 1 aliphatic rings. The van der Waals surface area contributed by atoms with Crippen LogP contribution in [0.5, 0.6) is 11.5 Å². The molecule has 0 radical (unpaired) electrons. The van der Waals surface area contributed by atoms with Crippen molar-refractivity contribution < 1.29 is 14.6 Å². The number of hydrogen-bond acceptors (Lipinski definition) is 4. The van der Waals surface area contributed by atoms with Crippen molar-refractivity contribution in [2.45, 2.75) is 31.8 Å². The van der Waals surface area contributed by atoms with Crippen LogP contribution in [-0.2, 0) is 6.42 Å². The Morgan fingerprint density at radius 2 is 2.10 bits per heavy atom. The fourth-order valence-electron chi connectivity index (χ4n) is 3.18. The van der Waals surface area contributed by atoms with E-state index in [1.54, 1.807) is 14.2 Å². The van der Waals surface area contributed by atoms with Crippen molar-refractivity contribution >= 4 is 0 Å². The Kier molecular flexibility index (Phi) is 3.59. The standard InChI is InChI=1S/C16H20N2O3/c1-9-16-13(18-17-9)6-10(7-14(16)19)12-5-4-11(20-2)8-15(12)21-3/h4-5,8,10,14,19H,6-7H2,1-3H3,(H,17,18). The number of aromatic amines is 1. The number of methoxy groups -OCH3 is 2. The van der Waals surface area contributed by atoms with Gasteiger partial charge in [0.1, 0.15) is 11.5 Å². The summed E-state index contributed by atoms with van der Waals surface area (Å²) >= 11 is 0. The first kappa shape index (κ1) is 13.9. The summed E-state index contributed by atoms with van der Waals surface area (Å²) < 4.78 is 10.7. The molecule has 1 aliphatic carbocycles. The van der Waals surface area contributed by atoms with Gasteiger partial charge in [-0.2, -0.15) is 5.10 Å². The second-order valence-corrected chi connectivity index (χ2v) is 5.47. The van der Waals surface area contributed by atoms with E-state index in [-0.39, 0.29) is 5.92 Å². The molecule has 1 heterocycles. The minimum absolute atomic E-state index is 0.191. The average Bonchev–Trinajstić information content (AvgIpc) is 2.88. The Morgan fingerprint density at radius 1 is 1.29 bits per heavy atom. The maximum atomic E-state index is 10.4. The Morgan fingerprint density at radius 3 is 2.81 bits per heavy atom. The molecule has 5 heteroatoms. The summed E-state index contributed by atoms with van der Waals surface area (Å²) in [5.74, 6) is 1.75. The number of ether oxygens (including phenoxy) is 2. The predicted octanol–water partition coefficient (Wildman–Crippen LogP) is 2.50. The molecule has 0 bridgehead atoms. The van der Waals surface area contributed by atoms with Crippen molar-refractivity contribution in [2.24, 2.45) is 0 Å². The molecule has 0 amide bonds. The zero-order valence-electron chi connectivity index (χ0n) is 12.5. The van der Waals surface area contributed by atoms with Crippen LogP contribution >= 0.6 is 0 Å². The van der Waals surface area contributed by atoms with Crippen LogP contribution in [0.4, 0.5) is 0 Å². The molecule has 0 aliphatic heterocycles. The van der Waals surface area contributed by atoms with Crippen LogP contribution in [0.1, 0.15) is 41.0 Å². The highest BCUT2D eigenvalue weighted by Crippen LogP contribution is 2.42. The number of aliphatic hydroxyl groups is 1. The van der Waals surface area contributed by atoms with Gasteiger partial charge in [0.25, 0.3) is 0 Å². The quantitative estimate of drug-likeness (QED) is 0.910. The molecule has 2 N–H and O–H groups in total. The van der Waals surface area contributed by atoms with E-state index >= 15 is 0 Å². The lowest BCUT2D eigenvalue weighted by molar-refractivity contribution is 0.146. The number of H-pyrrole nitrogens is 1. The summed E-state index contributed by atoms with van der Waals surface area (Å²) in [6.07, 6.45) is 1.000. The highest BCUT2D eigenvalue weighted by molar-refractivity contribution is 5.45. The van der Waals surface area contributed by atoms with E-state index in [1.807, 2.05) is 25.1 Å². The molecular formula is C16H20N2O3. The number of aromatic nitrogens is 2. The summed E-state index contributed by atoms with van der Waals surface area (Å²) in [4.78, 5) is 0. The third-order valence-corrected chi connectivity index (χ3v) is 4.23. The molecule has 3 rings (SSSR count). The van der Waals surface area contributed by atoms with E-state index in [0.717, 1.165) is 40.4 Å². The number of aliphatic hydroxyl groups excluding tert-OH is 1. The van der Waals surface area contributed by atoms with Gasteiger partial charge in [0.2, 0.25) is 0 Å². The van der Waals surface area contributed by atoms with Crippen molar-refractivity contribution in [1.82, 2.24) is 10.2 Å². The summed E-state index contributed by atoms with van der Waals surface area (Å²) in [6.45, 7) is 1.95. The first-order valence-electron chi connectivity index (χ1n) is 7.07. The minimum atomic E-state index is -0.482. The van der Waals surface area contributed by atoms with Crippen molar-refractivity contribution in [3.05, 3.63) is 40.7 Å². The third kappa shape index (κ3) is 2.38. The lowest BCUT2D eigenvalue weighted by atomic mass is 9.80. The van der Waals surface area contributed by atoms with Crippen LogP contribution in [-0.4, -0.2) is 29.5 Å². The molecule has 5 nitrogen and oxygen atoms in total. The molecule has 21 heavy (non-hydrogen) atoms. The van der Waals surface area contributed by atoms with Gasteiger partial charge < -0.3 is 14.6 Å². The summed E-state index contributed by atoms with van der Waals surface area (Å²) in [7, 11) is 3.29. The molecule has 112 valence electrons. The molecule has 2 unspecified atom stereocenters. The predicted molar refractivity (Wildman–Crippen MR) is 78.9 cm³/mol. The van der Waals surface area contributed by atoms with E-state index in [2.05, 4.69) is 10.2 Å². The lowest BCUT2D eigenvalue weighted by Gasteiger charge is -2.27.